The number of anilines is 2. The molecule has 1 aromatic rings. The molecule has 0 aromatic heterocycles. The van der Waals surface area contributed by atoms with Crippen molar-refractivity contribution >= 4 is 23.1 Å². The Morgan fingerprint density at radius 2 is 1.93 bits per heavy atom. The van der Waals surface area contributed by atoms with E-state index in [4.69, 9.17) is 5.73 Å². The highest BCUT2D eigenvalue weighted by molar-refractivity contribution is 7.99. The van der Waals surface area contributed by atoms with Crippen molar-refractivity contribution in [3.63, 3.8) is 0 Å². The maximum atomic E-state index is 13.3. The van der Waals surface area contributed by atoms with Gasteiger partial charge in [-0.2, -0.15) is 11.8 Å². The zero-order valence-corrected chi connectivity index (χ0v) is 9.50. The Bertz CT molecular complexity index is 321. The summed E-state index contributed by atoms with van der Waals surface area (Å²) in [6.45, 7) is 2.49. The van der Waals surface area contributed by atoms with Crippen LogP contribution in [0.4, 0.5) is 20.2 Å². The molecule has 1 atom stereocenters. The Morgan fingerprint density at radius 3 is 2.40 bits per heavy atom. The second kappa shape index (κ2) is 5.21. The monoisotopic (exact) mass is 232 g/mol. The van der Waals surface area contributed by atoms with Crippen molar-refractivity contribution in [3.05, 3.63) is 23.8 Å². The quantitative estimate of drug-likeness (QED) is 0.784. The van der Waals surface area contributed by atoms with E-state index in [1.165, 1.54) is 0 Å². The summed E-state index contributed by atoms with van der Waals surface area (Å²) in [5.41, 5.74) is 5.28. The number of thioether (sulfide) groups is 1. The maximum absolute atomic E-state index is 13.3. The normalized spacial score (nSPS) is 12.5. The Kier molecular flexibility index (Phi) is 4.20. The van der Waals surface area contributed by atoms with Gasteiger partial charge in [-0.1, -0.05) is 6.92 Å². The fourth-order valence-corrected chi connectivity index (χ4v) is 1.34. The van der Waals surface area contributed by atoms with E-state index in [0.717, 1.165) is 12.1 Å². The number of benzene rings is 1. The number of nitrogen functional groups attached to an aromatic ring is 1. The van der Waals surface area contributed by atoms with E-state index in [9.17, 15) is 8.78 Å². The van der Waals surface area contributed by atoms with Crippen LogP contribution in [0.2, 0.25) is 0 Å². The minimum Gasteiger partial charge on any atom is -0.399 e. The highest BCUT2D eigenvalue weighted by atomic mass is 32.2. The van der Waals surface area contributed by atoms with Crippen LogP contribution in [0, 0.1) is 11.6 Å². The molecule has 3 N–H and O–H groups in total. The lowest BCUT2D eigenvalue weighted by atomic mass is 10.2. The molecule has 15 heavy (non-hydrogen) atoms. The van der Waals surface area contributed by atoms with Gasteiger partial charge in [-0.25, -0.2) is 8.78 Å². The molecule has 0 spiro atoms. The summed E-state index contributed by atoms with van der Waals surface area (Å²) in [7, 11) is 0. The largest absolute Gasteiger partial charge is 0.399 e. The summed E-state index contributed by atoms with van der Waals surface area (Å²) in [6, 6.07) is 2.21. The zero-order chi connectivity index (χ0) is 11.4. The highest BCUT2D eigenvalue weighted by Gasteiger charge is 2.10. The van der Waals surface area contributed by atoms with Gasteiger partial charge in [0.25, 0.3) is 0 Å². The van der Waals surface area contributed by atoms with Crippen LogP contribution >= 0.6 is 11.8 Å². The highest BCUT2D eigenvalue weighted by Crippen LogP contribution is 2.22. The van der Waals surface area contributed by atoms with E-state index in [-0.39, 0.29) is 11.4 Å². The lowest BCUT2D eigenvalue weighted by Crippen LogP contribution is -2.14. The molecule has 0 aliphatic carbocycles. The van der Waals surface area contributed by atoms with Crippen molar-refractivity contribution in [2.45, 2.75) is 12.2 Å². The van der Waals surface area contributed by atoms with Crippen LogP contribution in [0.25, 0.3) is 0 Å². The van der Waals surface area contributed by atoms with Gasteiger partial charge in [0.1, 0.15) is 5.69 Å². The Labute approximate surface area is 92.2 Å². The van der Waals surface area contributed by atoms with Crippen LogP contribution in [0.15, 0.2) is 12.1 Å². The third-order valence-electron chi connectivity index (χ3n) is 2.03. The van der Waals surface area contributed by atoms with Gasteiger partial charge in [0.05, 0.1) is 0 Å². The first-order chi connectivity index (χ1) is 7.04. The van der Waals surface area contributed by atoms with E-state index in [1.54, 1.807) is 11.8 Å². The molecule has 0 saturated heterocycles. The zero-order valence-electron chi connectivity index (χ0n) is 8.68. The van der Waals surface area contributed by atoms with E-state index < -0.39 is 11.6 Å². The average Bonchev–Trinajstić information content (AvgIpc) is 2.15. The maximum Gasteiger partial charge on any atom is 0.151 e. The van der Waals surface area contributed by atoms with Gasteiger partial charge in [0, 0.05) is 17.5 Å². The number of nitrogens with one attached hydrogen (secondary N) is 1. The van der Waals surface area contributed by atoms with E-state index in [2.05, 4.69) is 5.32 Å². The molecule has 0 fully saturated rings. The second-order valence-corrected chi connectivity index (χ2v) is 4.56. The minimum atomic E-state index is -0.652. The molecule has 84 valence electrons. The second-order valence-electron chi connectivity index (χ2n) is 3.29. The lowest BCUT2D eigenvalue weighted by Gasteiger charge is -2.12. The van der Waals surface area contributed by atoms with Crippen LogP contribution in [0.5, 0.6) is 0 Å². The van der Waals surface area contributed by atoms with Crippen LogP contribution in [-0.2, 0) is 0 Å². The van der Waals surface area contributed by atoms with Gasteiger partial charge < -0.3 is 11.1 Å². The van der Waals surface area contributed by atoms with Crippen molar-refractivity contribution in [3.8, 4) is 0 Å². The van der Waals surface area contributed by atoms with Gasteiger partial charge in [-0.15, -0.1) is 0 Å². The number of nitrogens with two attached hydrogens (primary N) is 1. The van der Waals surface area contributed by atoms with Gasteiger partial charge in [0.2, 0.25) is 0 Å². The number of hydrogen-bond donors (Lipinski definition) is 2. The smallest absolute Gasteiger partial charge is 0.151 e. The summed E-state index contributed by atoms with van der Waals surface area (Å²) >= 11 is 1.63. The molecule has 0 aliphatic heterocycles. The SMILES string of the molecule is CSC(C)CNc1c(F)cc(N)cc1F. The molecule has 0 saturated carbocycles. The van der Waals surface area contributed by atoms with E-state index >= 15 is 0 Å². The number of rotatable bonds is 4. The van der Waals surface area contributed by atoms with Crippen LogP contribution in [-0.4, -0.2) is 18.1 Å². The molecule has 0 amide bonds. The summed E-state index contributed by atoms with van der Waals surface area (Å²) in [5.74, 6) is -1.30. The topological polar surface area (TPSA) is 38.0 Å². The van der Waals surface area contributed by atoms with Crippen molar-refractivity contribution in [2.75, 3.05) is 23.9 Å². The lowest BCUT2D eigenvalue weighted by molar-refractivity contribution is 0.589. The van der Waals surface area contributed by atoms with Crippen molar-refractivity contribution in [2.24, 2.45) is 0 Å². The van der Waals surface area contributed by atoms with Gasteiger partial charge in [-0.3, -0.25) is 0 Å². The predicted octanol–water partition coefficient (Wildman–Crippen LogP) is 2.71. The summed E-state index contributed by atoms with van der Waals surface area (Å²) in [5, 5.41) is 3.03. The number of halogens is 2. The fourth-order valence-electron chi connectivity index (χ4n) is 1.09. The first kappa shape index (κ1) is 12.1. The van der Waals surface area contributed by atoms with Crippen LogP contribution in [0.3, 0.4) is 0 Å². The third-order valence-corrected chi connectivity index (χ3v) is 3.00. The minimum absolute atomic E-state index is 0.0912. The first-order valence-electron chi connectivity index (χ1n) is 4.55. The predicted molar refractivity (Wildman–Crippen MR) is 62.2 cm³/mol. The summed E-state index contributed by atoms with van der Waals surface area (Å²) < 4.78 is 26.6. The fraction of sp³-hybridized carbons (Fsp3) is 0.400. The Morgan fingerprint density at radius 1 is 1.40 bits per heavy atom. The molecule has 2 nitrogen and oxygen atoms in total. The molecular weight excluding hydrogens is 218 g/mol. The average molecular weight is 232 g/mol. The standard InChI is InChI=1S/C10H14F2N2S/c1-6(15-2)5-14-10-8(11)3-7(13)4-9(10)12/h3-4,6,14H,5,13H2,1-2H3. The molecule has 0 aliphatic rings. The van der Waals surface area contributed by atoms with E-state index in [1.807, 2.05) is 13.2 Å². The first-order valence-corrected chi connectivity index (χ1v) is 5.84. The Balaban J connectivity index is 2.77. The van der Waals surface area contributed by atoms with Gasteiger partial charge >= 0.3 is 0 Å². The van der Waals surface area contributed by atoms with Crippen LogP contribution < -0.4 is 11.1 Å². The Hall–Kier alpha value is -0.970. The van der Waals surface area contributed by atoms with Crippen molar-refractivity contribution in [1.29, 1.82) is 0 Å². The molecule has 1 aromatic carbocycles. The third kappa shape index (κ3) is 3.27. The van der Waals surface area contributed by atoms with Crippen LogP contribution in [0.1, 0.15) is 6.92 Å². The van der Waals surface area contributed by atoms with Crippen molar-refractivity contribution in [1.82, 2.24) is 0 Å². The summed E-state index contributed by atoms with van der Waals surface area (Å²) in [4.78, 5) is 0. The molecule has 1 unspecified atom stereocenters. The molecule has 0 bridgehead atoms. The molecule has 5 heteroatoms. The van der Waals surface area contributed by atoms with Gasteiger partial charge in [0.15, 0.2) is 11.6 Å². The van der Waals surface area contributed by atoms with Crippen molar-refractivity contribution < 1.29 is 8.78 Å². The van der Waals surface area contributed by atoms with Gasteiger partial charge in [-0.05, 0) is 18.4 Å². The van der Waals surface area contributed by atoms with E-state index in [0.29, 0.717) is 11.8 Å². The summed E-state index contributed by atoms with van der Waals surface area (Å²) in [6.07, 6.45) is 1.95. The molecular formula is C10H14F2N2S. The molecule has 0 radical (unpaired) electrons. The number of hydrogen-bond acceptors (Lipinski definition) is 3. The molecule has 0 heterocycles. The molecule has 1 rings (SSSR count).